The molecule has 6 heteroatoms. The number of carboxylic acid groups (broad SMARTS) is 1. The average molecular weight is 248 g/mol. The fraction of sp³-hybridized carbons (Fsp3) is 0.250. The number of aromatic nitrogens is 2. The van der Waals surface area contributed by atoms with E-state index < -0.39 is 5.97 Å². The van der Waals surface area contributed by atoms with Gasteiger partial charge in [0.05, 0.1) is 18.6 Å². The number of hydrogen-bond donors (Lipinski definition) is 2. The Labute approximate surface area is 103 Å². The van der Waals surface area contributed by atoms with Crippen LogP contribution in [0.25, 0.3) is 0 Å². The number of carbonyl (C=O) groups is 1. The van der Waals surface area contributed by atoms with Crippen LogP contribution in [0.4, 0.5) is 0 Å². The first kappa shape index (κ1) is 12.3. The zero-order chi connectivity index (χ0) is 13.0. The van der Waals surface area contributed by atoms with Gasteiger partial charge in [0.2, 0.25) is 11.8 Å². The van der Waals surface area contributed by atoms with Crippen molar-refractivity contribution in [3.8, 4) is 0 Å². The number of aromatic carboxylic acids is 1. The number of benzene rings is 1. The van der Waals surface area contributed by atoms with Gasteiger partial charge in [-0.2, -0.15) is 0 Å². The number of rotatable bonds is 5. The molecule has 0 fully saturated rings. The zero-order valence-electron chi connectivity index (χ0n) is 9.54. The van der Waals surface area contributed by atoms with E-state index in [1.807, 2.05) is 0 Å². The van der Waals surface area contributed by atoms with Gasteiger partial charge in [0.1, 0.15) is 0 Å². The highest BCUT2D eigenvalue weighted by Crippen LogP contribution is 2.11. The van der Waals surface area contributed by atoms with E-state index in [-0.39, 0.29) is 12.2 Å². The van der Waals surface area contributed by atoms with Crippen LogP contribution in [0.1, 0.15) is 27.7 Å². The summed E-state index contributed by atoms with van der Waals surface area (Å²) in [6, 6.07) is 6.56. The Balaban J connectivity index is 2.12. The Hall–Kier alpha value is -2.21. The van der Waals surface area contributed by atoms with E-state index in [0.717, 1.165) is 5.56 Å². The third kappa shape index (κ3) is 2.92. The lowest BCUT2D eigenvalue weighted by Gasteiger charge is -1.99. The van der Waals surface area contributed by atoms with Crippen LogP contribution < -0.4 is 0 Å². The molecule has 2 N–H and O–H groups in total. The zero-order valence-corrected chi connectivity index (χ0v) is 9.54. The van der Waals surface area contributed by atoms with Crippen LogP contribution in [-0.4, -0.2) is 33.0 Å². The van der Waals surface area contributed by atoms with Gasteiger partial charge in [-0.3, -0.25) is 0 Å². The van der Waals surface area contributed by atoms with Gasteiger partial charge in [0.15, 0.2) is 0 Å². The molecule has 6 nitrogen and oxygen atoms in total. The fourth-order valence-electron chi connectivity index (χ4n) is 1.55. The van der Waals surface area contributed by atoms with Gasteiger partial charge in [-0.15, -0.1) is 10.2 Å². The van der Waals surface area contributed by atoms with Crippen LogP contribution in [0.15, 0.2) is 28.7 Å². The maximum Gasteiger partial charge on any atom is 0.335 e. The van der Waals surface area contributed by atoms with Crippen molar-refractivity contribution >= 4 is 5.97 Å². The van der Waals surface area contributed by atoms with Crippen molar-refractivity contribution in [3.63, 3.8) is 0 Å². The lowest BCUT2D eigenvalue weighted by Crippen LogP contribution is -1.97. The van der Waals surface area contributed by atoms with Crippen LogP contribution in [0.5, 0.6) is 0 Å². The van der Waals surface area contributed by atoms with Gasteiger partial charge < -0.3 is 14.6 Å². The highest BCUT2D eigenvalue weighted by Gasteiger charge is 2.08. The third-order valence-electron chi connectivity index (χ3n) is 2.36. The largest absolute Gasteiger partial charge is 0.478 e. The molecule has 0 unspecified atom stereocenters. The lowest BCUT2D eigenvalue weighted by atomic mass is 10.1. The van der Waals surface area contributed by atoms with E-state index in [1.165, 1.54) is 6.07 Å². The SMILES string of the molecule is O=C(O)c1cccc(Cc2nnc(CCO)o2)c1. The van der Waals surface area contributed by atoms with Crippen molar-refractivity contribution < 1.29 is 19.4 Å². The summed E-state index contributed by atoms with van der Waals surface area (Å²) < 4.78 is 5.30. The molecule has 94 valence electrons. The normalized spacial score (nSPS) is 10.5. The summed E-state index contributed by atoms with van der Waals surface area (Å²) in [6.07, 6.45) is 0.696. The second-order valence-corrected chi connectivity index (χ2v) is 3.75. The first-order valence-electron chi connectivity index (χ1n) is 5.43. The molecule has 0 spiro atoms. The minimum absolute atomic E-state index is 0.0455. The first-order chi connectivity index (χ1) is 8.69. The summed E-state index contributed by atoms with van der Waals surface area (Å²) in [5.74, 6) is -0.189. The molecule has 0 amide bonds. The van der Waals surface area contributed by atoms with Gasteiger partial charge in [0.25, 0.3) is 0 Å². The maximum absolute atomic E-state index is 10.8. The van der Waals surface area contributed by atoms with E-state index in [1.54, 1.807) is 18.2 Å². The number of carboxylic acids is 1. The minimum atomic E-state index is -0.969. The smallest absolute Gasteiger partial charge is 0.335 e. The molecular weight excluding hydrogens is 236 g/mol. The van der Waals surface area contributed by atoms with Crippen molar-refractivity contribution in [2.75, 3.05) is 6.61 Å². The first-order valence-corrected chi connectivity index (χ1v) is 5.43. The molecule has 2 aromatic rings. The summed E-state index contributed by atoms with van der Waals surface area (Å²) >= 11 is 0. The topological polar surface area (TPSA) is 96.5 Å². The standard InChI is InChI=1S/C12H12N2O4/c15-5-4-10-13-14-11(18-10)7-8-2-1-3-9(6-8)12(16)17/h1-3,6,15H,4-5,7H2,(H,16,17). The number of aliphatic hydroxyl groups excluding tert-OH is 1. The molecular formula is C12H12N2O4. The van der Waals surface area contributed by atoms with Gasteiger partial charge in [-0.25, -0.2) is 4.79 Å². The van der Waals surface area contributed by atoms with Crippen LogP contribution in [0, 0.1) is 0 Å². The lowest BCUT2D eigenvalue weighted by molar-refractivity contribution is 0.0696. The molecule has 18 heavy (non-hydrogen) atoms. The van der Waals surface area contributed by atoms with Gasteiger partial charge in [-0.1, -0.05) is 12.1 Å². The average Bonchev–Trinajstić information content (AvgIpc) is 2.77. The Morgan fingerprint density at radius 3 is 2.78 bits per heavy atom. The predicted molar refractivity (Wildman–Crippen MR) is 61.3 cm³/mol. The van der Waals surface area contributed by atoms with E-state index in [0.29, 0.717) is 24.6 Å². The molecule has 1 heterocycles. The Morgan fingerprint density at radius 2 is 2.06 bits per heavy atom. The van der Waals surface area contributed by atoms with Crippen molar-refractivity contribution in [2.45, 2.75) is 12.8 Å². The van der Waals surface area contributed by atoms with Gasteiger partial charge >= 0.3 is 5.97 Å². The van der Waals surface area contributed by atoms with E-state index >= 15 is 0 Å². The molecule has 2 rings (SSSR count). The summed E-state index contributed by atoms with van der Waals surface area (Å²) in [6.45, 7) is -0.0455. The van der Waals surface area contributed by atoms with Crippen molar-refractivity contribution in [1.82, 2.24) is 10.2 Å². The van der Waals surface area contributed by atoms with E-state index in [4.69, 9.17) is 14.6 Å². The second-order valence-electron chi connectivity index (χ2n) is 3.75. The molecule has 0 aliphatic carbocycles. The summed E-state index contributed by atoms with van der Waals surface area (Å²) in [5, 5.41) is 25.2. The molecule has 0 aliphatic rings. The monoisotopic (exact) mass is 248 g/mol. The second kappa shape index (κ2) is 5.42. The summed E-state index contributed by atoms with van der Waals surface area (Å²) in [4.78, 5) is 10.8. The van der Waals surface area contributed by atoms with Crippen molar-refractivity contribution in [3.05, 3.63) is 47.2 Å². The van der Waals surface area contributed by atoms with Crippen LogP contribution >= 0.6 is 0 Å². The Morgan fingerprint density at radius 1 is 1.28 bits per heavy atom. The van der Waals surface area contributed by atoms with E-state index in [2.05, 4.69) is 10.2 Å². The highest BCUT2D eigenvalue weighted by atomic mass is 16.4. The van der Waals surface area contributed by atoms with Gasteiger partial charge in [-0.05, 0) is 17.7 Å². The Kier molecular flexibility index (Phi) is 3.69. The molecule has 0 aliphatic heterocycles. The fourth-order valence-corrected chi connectivity index (χ4v) is 1.55. The van der Waals surface area contributed by atoms with Crippen molar-refractivity contribution in [1.29, 1.82) is 0 Å². The quantitative estimate of drug-likeness (QED) is 0.815. The van der Waals surface area contributed by atoms with Gasteiger partial charge in [0, 0.05) is 6.42 Å². The Bertz CT molecular complexity index is 551. The van der Waals surface area contributed by atoms with Crippen LogP contribution in [0.3, 0.4) is 0 Å². The molecule has 1 aromatic heterocycles. The molecule has 0 saturated carbocycles. The molecule has 0 saturated heterocycles. The summed E-state index contributed by atoms with van der Waals surface area (Å²) in [7, 11) is 0. The molecule has 0 radical (unpaired) electrons. The number of nitrogens with zero attached hydrogens (tertiary/aromatic N) is 2. The highest BCUT2D eigenvalue weighted by molar-refractivity contribution is 5.87. The predicted octanol–water partition coefficient (Wildman–Crippen LogP) is 0.893. The summed E-state index contributed by atoms with van der Waals surface area (Å²) in [5.41, 5.74) is 1.01. The maximum atomic E-state index is 10.8. The molecule has 0 bridgehead atoms. The number of aliphatic hydroxyl groups is 1. The molecule has 0 atom stereocenters. The number of hydrogen-bond acceptors (Lipinski definition) is 5. The third-order valence-corrected chi connectivity index (χ3v) is 2.36. The van der Waals surface area contributed by atoms with Crippen LogP contribution in [-0.2, 0) is 12.8 Å². The van der Waals surface area contributed by atoms with Crippen molar-refractivity contribution in [2.24, 2.45) is 0 Å². The van der Waals surface area contributed by atoms with Crippen LogP contribution in [0.2, 0.25) is 0 Å². The molecule has 1 aromatic carbocycles. The minimum Gasteiger partial charge on any atom is -0.478 e. The van der Waals surface area contributed by atoms with E-state index in [9.17, 15) is 4.79 Å².